The van der Waals surface area contributed by atoms with Gasteiger partial charge < -0.3 is 9.52 Å². The van der Waals surface area contributed by atoms with Gasteiger partial charge in [-0.2, -0.15) is 10.1 Å². The zero-order valence-corrected chi connectivity index (χ0v) is 18.7. The van der Waals surface area contributed by atoms with Gasteiger partial charge in [0.05, 0.1) is 33.0 Å². The normalized spacial score (nSPS) is 14.6. The summed E-state index contributed by atoms with van der Waals surface area (Å²) < 4.78 is 5.87. The second-order valence-corrected chi connectivity index (χ2v) is 7.84. The number of aromatic carboxylic acids is 1. The highest BCUT2D eigenvalue weighted by Gasteiger charge is 2.30. The molecular formula is C25H21N3O6. The van der Waals surface area contributed by atoms with E-state index in [2.05, 4.69) is 5.10 Å². The Kier molecular flexibility index (Phi) is 5.85. The minimum atomic E-state index is -1.06. The third kappa shape index (κ3) is 4.11. The molecule has 0 spiro atoms. The van der Waals surface area contributed by atoms with E-state index in [0.717, 1.165) is 11.1 Å². The van der Waals surface area contributed by atoms with E-state index in [1.807, 2.05) is 20.8 Å². The van der Waals surface area contributed by atoms with Crippen LogP contribution in [0.4, 0.5) is 11.4 Å². The molecule has 0 bridgehead atoms. The number of carboxylic acid groups (broad SMARTS) is 1. The fourth-order valence-electron chi connectivity index (χ4n) is 3.65. The van der Waals surface area contributed by atoms with Crippen molar-refractivity contribution in [3.05, 3.63) is 86.7 Å². The van der Waals surface area contributed by atoms with Crippen LogP contribution in [0.5, 0.6) is 0 Å². The average Bonchev–Trinajstić information content (AvgIpc) is 3.40. The van der Waals surface area contributed by atoms with Gasteiger partial charge in [0.15, 0.2) is 0 Å². The molecule has 172 valence electrons. The lowest BCUT2D eigenvalue weighted by atomic mass is 10.0. The highest BCUT2D eigenvalue weighted by molar-refractivity contribution is 6.32. The number of amides is 1. The number of benzene rings is 2. The summed E-state index contributed by atoms with van der Waals surface area (Å²) in [6.45, 7) is 5.54. The molecule has 2 aromatic carbocycles. The molecule has 1 aromatic heterocycles. The van der Waals surface area contributed by atoms with Crippen molar-refractivity contribution in [2.75, 3.05) is 5.01 Å². The second kappa shape index (κ2) is 8.78. The maximum Gasteiger partial charge on any atom is 0.335 e. The lowest BCUT2D eigenvalue weighted by Crippen LogP contribution is -2.21. The van der Waals surface area contributed by atoms with Crippen molar-refractivity contribution in [3.63, 3.8) is 0 Å². The summed E-state index contributed by atoms with van der Waals surface area (Å²) in [6.07, 6.45) is 2.05. The smallest absolute Gasteiger partial charge is 0.335 e. The quantitative estimate of drug-likeness (QED) is 0.300. The molecule has 0 atom stereocenters. The Morgan fingerprint density at radius 3 is 2.44 bits per heavy atom. The Morgan fingerprint density at radius 2 is 1.82 bits per heavy atom. The zero-order chi connectivity index (χ0) is 24.6. The van der Waals surface area contributed by atoms with E-state index in [4.69, 9.17) is 9.52 Å². The minimum absolute atomic E-state index is 0.0552. The molecule has 1 N–H and O–H groups in total. The molecule has 0 saturated carbocycles. The standard InChI is InChI=1S/C25H21N3O6/c1-4-21-19(24(29)27(26-21)17-7-5-16(6-8-17)25(30)31)13-18-9-10-23(34-18)20-11-14(2)15(3)12-22(20)28(32)33/h5-13H,4H2,1-3H3,(H,30,31). The van der Waals surface area contributed by atoms with E-state index < -0.39 is 10.9 Å². The predicted molar refractivity (Wildman–Crippen MR) is 127 cm³/mol. The second-order valence-electron chi connectivity index (χ2n) is 7.84. The Morgan fingerprint density at radius 1 is 1.15 bits per heavy atom. The molecule has 0 fully saturated rings. The van der Waals surface area contributed by atoms with Crippen molar-refractivity contribution >= 4 is 35.0 Å². The van der Waals surface area contributed by atoms with Crippen LogP contribution in [-0.2, 0) is 4.79 Å². The molecule has 1 amide bonds. The predicted octanol–water partition coefficient (Wildman–Crippen LogP) is 5.37. The van der Waals surface area contributed by atoms with Gasteiger partial charge in [-0.25, -0.2) is 4.79 Å². The van der Waals surface area contributed by atoms with Crippen molar-refractivity contribution in [3.8, 4) is 11.3 Å². The lowest BCUT2D eigenvalue weighted by molar-refractivity contribution is -0.384. The van der Waals surface area contributed by atoms with Gasteiger partial charge in [0, 0.05) is 6.07 Å². The van der Waals surface area contributed by atoms with E-state index >= 15 is 0 Å². The van der Waals surface area contributed by atoms with Crippen LogP contribution in [0.25, 0.3) is 17.4 Å². The number of nitro groups is 1. The van der Waals surface area contributed by atoms with Crippen LogP contribution in [0.15, 0.2) is 63.6 Å². The molecule has 34 heavy (non-hydrogen) atoms. The summed E-state index contributed by atoms with van der Waals surface area (Å²) in [4.78, 5) is 35.3. The van der Waals surface area contributed by atoms with Gasteiger partial charge in [0.2, 0.25) is 0 Å². The first-order valence-electron chi connectivity index (χ1n) is 10.5. The van der Waals surface area contributed by atoms with Crippen LogP contribution >= 0.6 is 0 Å². The number of carboxylic acids is 1. The van der Waals surface area contributed by atoms with Gasteiger partial charge in [0.1, 0.15) is 11.5 Å². The van der Waals surface area contributed by atoms with E-state index in [9.17, 15) is 19.7 Å². The molecule has 4 rings (SSSR count). The number of carbonyl (C=O) groups is 2. The first-order valence-corrected chi connectivity index (χ1v) is 10.5. The van der Waals surface area contributed by atoms with Gasteiger partial charge in [0.25, 0.3) is 11.6 Å². The Bertz CT molecular complexity index is 1380. The van der Waals surface area contributed by atoms with Crippen LogP contribution in [0.2, 0.25) is 0 Å². The van der Waals surface area contributed by atoms with Crippen molar-refractivity contribution in [1.82, 2.24) is 0 Å². The Hall–Kier alpha value is -4.53. The van der Waals surface area contributed by atoms with E-state index in [1.165, 1.54) is 35.3 Å². The van der Waals surface area contributed by atoms with Crippen molar-refractivity contribution in [2.24, 2.45) is 5.10 Å². The molecule has 0 radical (unpaired) electrons. The largest absolute Gasteiger partial charge is 0.478 e. The first-order chi connectivity index (χ1) is 16.2. The molecule has 0 aliphatic carbocycles. The van der Waals surface area contributed by atoms with Crippen LogP contribution in [-0.4, -0.2) is 27.6 Å². The molecular weight excluding hydrogens is 438 g/mol. The van der Waals surface area contributed by atoms with E-state index in [1.54, 1.807) is 24.3 Å². The first kappa shape index (κ1) is 22.7. The SMILES string of the molecule is CCC1=NN(c2ccc(C(=O)O)cc2)C(=O)C1=Cc1ccc(-c2cc(C)c(C)cc2[N+](=O)[O-])o1. The summed E-state index contributed by atoms with van der Waals surface area (Å²) in [5, 5.41) is 26.2. The lowest BCUT2D eigenvalue weighted by Gasteiger charge is -2.11. The third-order valence-electron chi connectivity index (χ3n) is 5.64. The maximum atomic E-state index is 13.1. The Labute approximate surface area is 194 Å². The number of carbonyl (C=O) groups excluding carboxylic acids is 1. The fourth-order valence-corrected chi connectivity index (χ4v) is 3.65. The number of anilines is 1. The number of aryl methyl sites for hydroxylation is 2. The highest BCUT2D eigenvalue weighted by Crippen LogP contribution is 2.34. The number of hydrogen-bond donors (Lipinski definition) is 1. The van der Waals surface area contributed by atoms with E-state index in [0.29, 0.717) is 40.5 Å². The van der Waals surface area contributed by atoms with Gasteiger partial charge in [-0.05, 0) is 79.9 Å². The molecule has 2 heterocycles. The number of hydrogen-bond acceptors (Lipinski definition) is 6. The van der Waals surface area contributed by atoms with Gasteiger partial charge >= 0.3 is 5.97 Å². The molecule has 1 aliphatic rings. The van der Waals surface area contributed by atoms with Crippen LogP contribution in [0.1, 0.15) is 40.6 Å². The summed E-state index contributed by atoms with van der Waals surface area (Å²) in [6, 6.07) is 12.4. The van der Waals surface area contributed by atoms with E-state index in [-0.39, 0.29) is 17.2 Å². The highest BCUT2D eigenvalue weighted by atomic mass is 16.6. The summed E-state index contributed by atoms with van der Waals surface area (Å²) in [5.41, 5.74) is 3.43. The summed E-state index contributed by atoms with van der Waals surface area (Å²) in [7, 11) is 0. The zero-order valence-electron chi connectivity index (χ0n) is 18.7. The summed E-state index contributed by atoms with van der Waals surface area (Å²) in [5.74, 6) is -0.761. The van der Waals surface area contributed by atoms with Crippen LogP contribution in [0.3, 0.4) is 0 Å². The van der Waals surface area contributed by atoms with Gasteiger partial charge in [-0.3, -0.25) is 14.9 Å². The maximum absolute atomic E-state index is 13.1. The Balaban J connectivity index is 1.68. The van der Waals surface area contributed by atoms with Crippen LogP contribution in [0, 0.1) is 24.0 Å². The molecule has 9 heteroatoms. The van der Waals surface area contributed by atoms with Crippen molar-refractivity contribution in [1.29, 1.82) is 0 Å². The monoisotopic (exact) mass is 459 g/mol. The summed E-state index contributed by atoms with van der Waals surface area (Å²) >= 11 is 0. The van der Waals surface area contributed by atoms with Gasteiger partial charge in [-0.15, -0.1) is 0 Å². The topological polar surface area (TPSA) is 126 Å². The van der Waals surface area contributed by atoms with Crippen molar-refractivity contribution in [2.45, 2.75) is 27.2 Å². The number of nitrogens with zero attached hydrogens (tertiary/aromatic N) is 3. The third-order valence-corrected chi connectivity index (χ3v) is 5.64. The number of rotatable bonds is 6. The molecule has 0 unspecified atom stereocenters. The fraction of sp³-hybridized carbons (Fsp3) is 0.160. The molecule has 3 aromatic rings. The minimum Gasteiger partial charge on any atom is -0.478 e. The van der Waals surface area contributed by atoms with Crippen molar-refractivity contribution < 1.29 is 24.0 Å². The molecule has 0 saturated heterocycles. The molecule has 9 nitrogen and oxygen atoms in total. The van der Waals surface area contributed by atoms with Gasteiger partial charge in [-0.1, -0.05) is 6.92 Å². The average molecular weight is 459 g/mol. The molecule has 1 aliphatic heterocycles. The number of nitro benzene ring substituents is 1. The van der Waals surface area contributed by atoms with Crippen LogP contribution < -0.4 is 5.01 Å². The number of hydrazone groups is 1. The number of furan rings is 1.